The Hall–Kier alpha value is -5.09. The number of nitrogens with zero attached hydrogens (tertiary/aromatic N) is 1. The molecule has 0 radical (unpaired) electrons. The summed E-state index contributed by atoms with van der Waals surface area (Å²) < 4.78 is 39.3. The van der Waals surface area contributed by atoms with Crippen LogP contribution in [-0.4, -0.2) is 101 Å². The summed E-state index contributed by atoms with van der Waals surface area (Å²) in [7, 11) is 3.24. The van der Waals surface area contributed by atoms with Gasteiger partial charge in [-0.3, -0.25) is 14.5 Å². The molecule has 5 unspecified atom stereocenters. The van der Waals surface area contributed by atoms with E-state index >= 15 is 0 Å². The molecule has 0 saturated carbocycles. The molecule has 1 aliphatic rings. The molecule has 346 valence electrons. The summed E-state index contributed by atoms with van der Waals surface area (Å²) in [5.41, 5.74) is 6.41. The Morgan fingerprint density at radius 1 is 0.855 bits per heavy atom. The van der Waals surface area contributed by atoms with Gasteiger partial charge in [-0.05, 0) is 80.0 Å². The standard InChI is InChI=1S/C46H70N4O12/c1-29(2)34(21-33-17-18-37(57-10)39(22-33)58-20-14-19-56-9)23-36-38(24-35(30(3)4)41(51)48-26-46(7,8)43(47)53)60-27-50(36)45(55)62-28-61-42(52)40(31(5)6)49-44(54)59-25-32-15-12-11-13-16-32/h11-13,15-18,22,29-31,34-36,38,40H,14,19-21,23-28H2,1-10H3,(H2,47,53)(H,48,51)(H,49,54). The van der Waals surface area contributed by atoms with Crippen LogP contribution in [0.5, 0.6) is 11.5 Å². The summed E-state index contributed by atoms with van der Waals surface area (Å²) in [6, 6.07) is 13.4. The van der Waals surface area contributed by atoms with Gasteiger partial charge in [0.05, 0.1) is 31.3 Å². The number of alkyl carbamates (subject to hydrolysis) is 1. The van der Waals surface area contributed by atoms with Gasteiger partial charge >= 0.3 is 18.2 Å². The lowest BCUT2D eigenvalue weighted by Crippen LogP contribution is -2.47. The van der Waals surface area contributed by atoms with E-state index in [2.05, 4.69) is 24.5 Å². The number of hydrogen-bond donors (Lipinski definition) is 3. The number of benzene rings is 2. The number of amides is 4. The van der Waals surface area contributed by atoms with Crippen molar-refractivity contribution < 1.29 is 57.1 Å². The molecule has 0 spiro atoms. The molecular formula is C46H70N4O12. The predicted molar refractivity (Wildman–Crippen MR) is 232 cm³/mol. The number of ether oxygens (including phenoxy) is 7. The molecule has 2 aromatic rings. The van der Waals surface area contributed by atoms with Crippen LogP contribution in [0.15, 0.2) is 48.5 Å². The number of methoxy groups -OCH3 is 2. The van der Waals surface area contributed by atoms with Gasteiger partial charge in [-0.25, -0.2) is 14.4 Å². The molecule has 1 aliphatic heterocycles. The Labute approximate surface area is 367 Å². The highest BCUT2D eigenvalue weighted by atomic mass is 16.7. The van der Waals surface area contributed by atoms with E-state index in [1.54, 1.807) is 41.9 Å². The van der Waals surface area contributed by atoms with Gasteiger partial charge < -0.3 is 49.5 Å². The molecule has 2 aromatic carbocycles. The fourth-order valence-corrected chi connectivity index (χ4v) is 6.98. The molecule has 0 aromatic heterocycles. The lowest BCUT2D eigenvalue weighted by molar-refractivity contribution is -0.156. The summed E-state index contributed by atoms with van der Waals surface area (Å²) in [5, 5.41) is 5.45. The van der Waals surface area contributed by atoms with E-state index in [1.807, 2.05) is 62.4 Å². The molecule has 4 N–H and O–H groups in total. The highest BCUT2D eigenvalue weighted by Gasteiger charge is 2.43. The number of primary amides is 1. The molecule has 0 aliphatic carbocycles. The van der Waals surface area contributed by atoms with Crippen LogP contribution in [0.1, 0.15) is 85.8 Å². The largest absolute Gasteiger partial charge is 0.493 e. The fourth-order valence-electron chi connectivity index (χ4n) is 6.98. The predicted octanol–water partition coefficient (Wildman–Crippen LogP) is 6.22. The third-order valence-corrected chi connectivity index (χ3v) is 11.2. The smallest absolute Gasteiger partial charge is 0.414 e. The number of nitrogens with two attached hydrogens (primary N) is 1. The van der Waals surface area contributed by atoms with E-state index in [9.17, 15) is 24.0 Å². The second-order valence-corrected chi connectivity index (χ2v) is 17.5. The van der Waals surface area contributed by atoms with Crippen molar-refractivity contribution in [1.82, 2.24) is 15.5 Å². The van der Waals surface area contributed by atoms with E-state index in [4.69, 9.17) is 38.9 Å². The summed E-state index contributed by atoms with van der Waals surface area (Å²) in [6.45, 7) is 15.2. The number of esters is 1. The summed E-state index contributed by atoms with van der Waals surface area (Å²) in [5.74, 6) is -1.19. The van der Waals surface area contributed by atoms with Crippen molar-refractivity contribution in [3.63, 3.8) is 0 Å². The molecule has 5 atom stereocenters. The average Bonchev–Trinajstić information content (AvgIpc) is 3.63. The van der Waals surface area contributed by atoms with E-state index < -0.39 is 60.4 Å². The maximum Gasteiger partial charge on any atom is 0.414 e. The van der Waals surface area contributed by atoms with Gasteiger partial charge in [0, 0.05) is 32.6 Å². The molecule has 1 heterocycles. The van der Waals surface area contributed by atoms with Crippen LogP contribution in [0, 0.1) is 35.0 Å². The zero-order chi connectivity index (χ0) is 46.0. The van der Waals surface area contributed by atoms with Crippen LogP contribution in [0.25, 0.3) is 0 Å². The number of carbonyl (C=O) groups is 5. The summed E-state index contributed by atoms with van der Waals surface area (Å²) in [6.07, 6.45) is -0.0284. The Bertz CT molecular complexity index is 1740. The Kier molecular flexibility index (Phi) is 20.8. The second-order valence-electron chi connectivity index (χ2n) is 17.5. The average molecular weight is 871 g/mol. The SMILES string of the molecule is COCCCOc1cc(CC(CC2C(CC(C(=O)NCC(C)(C)C(N)=O)C(C)C)OCN2C(=O)OCOC(=O)C(NC(=O)OCc2ccccc2)C(C)C)C(C)C)ccc1OC. The number of rotatable bonds is 25. The maximum atomic E-state index is 13.9. The maximum absolute atomic E-state index is 13.9. The van der Waals surface area contributed by atoms with Crippen LogP contribution in [-0.2, 0) is 51.1 Å². The molecule has 1 saturated heterocycles. The molecule has 3 rings (SSSR count). The van der Waals surface area contributed by atoms with Gasteiger partial charge in [-0.15, -0.1) is 0 Å². The van der Waals surface area contributed by atoms with Gasteiger partial charge in [0.2, 0.25) is 18.6 Å². The van der Waals surface area contributed by atoms with E-state index in [0.717, 1.165) is 11.1 Å². The Morgan fingerprint density at radius 2 is 1.56 bits per heavy atom. The Morgan fingerprint density at radius 3 is 2.18 bits per heavy atom. The van der Waals surface area contributed by atoms with Gasteiger partial charge in [-0.1, -0.05) is 77.9 Å². The Balaban J connectivity index is 1.80. The van der Waals surface area contributed by atoms with Crippen molar-refractivity contribution in [3.05, 3.63) is 59.7 Å². The van der Waals surface area contributed by atoms with Crippen molar-refractivity contribution in [2.75, 3.05) is 47.5 Å². The first-order valence-electron chi connectivity index (χ1n) is 21.4. The first-order valence-corrected chi connectivity index (χ1v) is 21.4. The monoisotopic (exact) mass is 870 g/mol. The first kappa shape index (κ1) is 51.3. The van der Waals surface area contributed by atoms with E-state index in [-0.39, 0.29) is 55.9 Å². The van der Waals surface area contributed by atoms with Crippen LogP contribution in [0.2, 0.25) is 0 Å². The zero-order valence-corrected chi connectivity index (χ0v) is 38.2. The molecule has 1 fully saturated rings. The van der Waals surface area contributed by atoms with Gasteiger partial charge in [0.15, 0.2) is 11.5 Å². The highest BCUT2D eigenvalue weighted by Crippen LogP contribution is 2.36. The fraction of sp³-hybridized carbons (Fsp3) is 0.630. The molecule has 62 heavy (non-hydrogen) atoms. The van der Waals surface area contributed by atoms with Crippen LogP contribution < -0.4 is 25.8 Å². The van der Waals surface area contributed by atoms with E-state index in [0.29, 0.717) is 44.0 Å². The minimum absolute atomic E-state index is 0.0167. The van der Waals surface area contributed by atoms with Crippen molar-refractivity contribution in [3.8, 4) is 11.5 Å². The first-order chi connectivity index (χ1) is 29.4. The molecular weight excluding hydrogens is 801 g/mol. The molecule has 4 amide bonds. The van der Waals surface area contributed by atoms with Crippen LogP contribution >= 0.6 is 0 Å². The minimum Gasteiger partial charge on any atom is -0.493 e. The molecule has 0 bridgehead atoms. The topological polar surface area (TPSA) is 203 Å². The number of carbonyl (C=O) groups excluding carboxylic acids is 5. The number of hydrogen-bond acceptors (Lipinski definition) is 12. The molecule has 16 heteroatoms. The zero-order valence-electron chi connectivity index (χ0n) is 38.2. The second kappa shape index (κ2) is 25.1. The van der Waals surface area contributed by atoms with Crippen LogP contribution in [0.4, 0.5) is 9.59 Å². The lowest BCUT2D eigenvalue weighted by Gasteiger charge is -2.33. The number of nitrogens with one attached hydrogen (secondary N) is 2. The quantitative estimate of drug-likeness (QED) is 0.0579. The van der Waals surface area contributed by atoms with Crippen molar-refractivity contribution in [2.24, 2.45) is 40.7 Å². The third kappa shape index (κ3) is 16.0. The highest BCUT2D eigenvalue weighted by molar-refractivity contribution is 5.83. The van der Waals surface area contributed by atoms with Gasteiger partial charge in [-0.2, -0.15) is 0 Å². The summed E-state index contributed by atoms with van der Waals surface area (Å²) in [4.78, 5) is 66.7. The summed E-state index contributed by atoms with van der Waals surface area (Å²) >= 11 is 0. The normalized spacial score (nSPS) is 16.7. The van der Waals surface area contributed by atoms with Crippen molar-refractivity contribution in [2.45, 2.75) is 106 Å². The minimum atomic E-state index is -1.07. The van der Waals surface area contributed by atoms with E-state index in [1.165, 1.54) is 4.90 Å². The lowest BCUT2D eigenvalue weighted by atomic mass is 9.80. The molecule has 16 nitrogen and oxygen atoms in total. The van der Waals surface area contributed by atoms with Gasteiger partial charge in [0.1, 0.15) is 19.4 Å². The van der Waals surface area contributed by atoms with Crippen molar-refractivity contribution >= 4 is 30.0 Å². The van der Waals surface area contributed by atoms with Crippen LogP contribution in [0.3, 0.4) is 0 Å². The third-order valence-electron chi connectivity index (χ3n) is 11.2. The van der Waals surface area contributed by atoms with Gasteiger partial charge in [0.25, 0.3) is 0 Å². The van der Waals surface area contributed by atoms with Crippen molar-refractivity contribution in [1.29, 1.82) is 0 Å².